The third kappa shape index (κ3) is 5.59. The number of hydrogen-bond acceptors (Lipinski definition) is 9. The molecule has 1 saturated heterocycles. The summed E-state index contributed by atoms with van der Waals surface area (Å²) in [5.74, 6) is -0.718. The van der Waals surface area contributed by atoms with Gasteiger partial charge in [-0.1, -0.05) is 12.6 Å². The molecule has 0 saturated carbocycles. The summed E-state index contributed by atoms with van der Waals surface area (Å²) in [7, 11) is 0. The Kier molecular flexibility index (Phi) is 8.72. The molecule has 48 heavy (non-hydrogen) atoms. The number of alkyl halides is 3. The first kappa shape index (κ1) is 33.8. The Morgan fingerprint density at radius 3 is 2.52 bits per heavy atom. The highest BCUT2D eigenvalue weighted by Gasteiger charge is 2.40. The minimum atomic E-state index is -4.91. The van der Waals surface area contributed by atoms with E-state index < -0.39 is 29.4 Å². The van der Waals surface area contributed by atoms with Crippen molar-refractivity contribution in [1.82, 2.24) is 14.5 Å². The Balaban J connectivity index is 1.71. The minimum Gasteiger partial charge on any atom is -0.389 e. The van der Waals surface area contributed by atoms with Crippen molar-refractivity contribution in [3.63, 3.8) is 0 Å². The molecule has 2 aliphatic rings. The normalized spacial score (nSPS) is 20.0. The first-order valence-corrected chi connectivity index (χ1v) is 17.0. The van der Waals surface area contributed by atoms with Gasteiger partial charge in [0.05, 0.1) is 40.1 Å². The number of thiophene rings is 1. The number of nitrogens with two attached hydrogens (primary N) is 1. The molecule has 1 amide bonds. The van der Waals surface area contributed by atoms with Gasteiger partial charge in [0.25, 0.3) is 0 Å². The molecule has 6 rings (SSSR count). The maximum Gasteiger partial charge on any atom is 0.417 e. The fraction of sp³-hybridized carbons (Fsp3) is 0.394. The lowest BCUT2D eigenvalue weighted by Gasteiger charge is -2.44. The Labute approximate surface area is 281 Å². The number of aromatic nitrogens is 2. The number of hydrogen-bond donors (Lipinski definition) is 1. The number of benzene rings is 2. The number of nitriles is 1. The Bertz CT molecular complexity index is 2070. The van der Waals surface area contributed by atoms with Crippen LogP contribution in [-0.4, -0.2) is 63.5 Å². The molecule has 1 unspecified atom stereocenters. The van der Waals surface area contributed by atoms with Gasteiger partial charge in [-0.15, -0.1) is 23.1 Å². The molecule has 15 heteroatoms. The summed E-state index contributed by atoms with van der Waals surface area (Å²) >= 11 is 1.90. The molecule has 4 aromatic rings. The third-order valence-corrected chi connectivity index (χ3v) is 10.9. The van der Waals surface area contributed by atoms with Crippen LogP contribution in [0.15, 0.2) is 40.5 Å². The standard InChI is InChI=1S/C33H32F4N6O3S2/c1-6-24(44)43-16(4)11-41(12-17(43)5)31-20-9-22(33(35,36)37)26(19-7-8-23(34)28-25(19)21(10-38)30(39)48-28)29-27(20)42(32(45)40-31)13-18(14-47-29)46-15(2)3/h6-9,15-18H,1,11-14,39H2,2-5H3/t16-,17+,18?. The van der Waals surface area contributed by atoms with Crippen molar-refractivity contribution < 1.29 is 27.1 Å². The number of ether oxygens (including phenoxy) is 1. The van der Waals surface area contributed by atoms with Gasteiger partial charge in [0.15, 0.2) is 0 Å². The van der Waals surface area contributed by atoms with E-state index in [0.717, 1.165) is 35.2 Å². The quantitative estimate of drug-likeness (QED) is 0.188. The van der Waals surface area contributed by atoms with Crippen molar-refractivity contribution in [1.29, 1.82) is 5.26 Å². The predicted molar refractivity (Wildman–Crippen MR) is 180 cm³/mol. The molecule has 1 fully saturated rings. The van der Waals surface area contributed by atoms with Crippen molar-refractivity contribution in [2.45, 2.75) is 69.6 Å². The average molecular weight is 701 g/mol. The number of anilines is 2. The van der Waals surface area contributed by atoms with E-state index in [1.165, 1.54) is 16.7 Å². The van der Waals surface area contributed by atoms with Crippen LogP contribution in [0.25, 0.3) is 32.1 Å². The Hall–Kier alpha value is -4.13. The van der Waals surface area contributed by atoms with Crippen molar-refractivity contribution in [2.24, 2.45) is 0 Å². The van der Waals surface area contributed by atoms with Gasteiger partial charge < -0.3 is 20.3 Å². The zero-order valence-corrected chi connectivity index (χ0v) is 28.2. The second-order valence-electron chi connectivity index (χ2n) is 12.3. The first-order chi connectivity index (χ1) is 22.7. The van der Waals surface area contributed by atoms with Crippen LogP contribution < -0.4 is 16.3 Å². The van der Waals surface area contributed by atoms with E-state index in [0.29, 0.717) is 0 Å². The maximum atomic E-state index is 15.3. The van der Waals surface area contributed by atoms with Crippen LogP contribution in [0.5, 0.6) is 0 Å². The van der Waals surface area contributed by atoms with E-state index in [2.05, 4.69) is 11.6 Å². The van der Waals surface area contributed by atoms with Crippen molar-refractivity contribution in [3.8, 4) is 17.2 Å². The number of amides is 1. The number of fused-ring (bicyclic) bond motifs is 1. The molecule has 0 bridgehead atoms. The smallest absolute Gasteiger partial charge is 0.389 e. The molecule has 2 N–H and O–H groups in total. The summed E-state index contributed by atoms with van der Waals surface area (Å²) in [5, 5.41) is 10.0. The molecule has 2 aromatic carbocycles. The van der Waals surface area contributed by atoms with Gasteiger partial charge in [0.1, 0.15) is 22.7 Å². The van der Waals surface area contributed by atoms with Gasteiger partial charge in [-0.2, -0.15) is 23.4 Å². The number of piperazine rings is 1. The zero-order valence-electron chi connectivity index (χ0n) is 26.5. The summed E-state index contributed by atoms with van der Waals surface area (Å²) in [6, 6.07) is 4.50. The topological polar surface area (TPSA) is 117 Å². The molecule has 2 aliphatic heterocycles. The summed E-state index contributed by atoms with van der Waals surface area (Å²) in [4.78, 5) is 34.4. The minimum absolute atomic E-state index is 0.0159. The van der Waals surface area contributed by atoms with Crippen LogP contribution in [0.2, 0.25) is 0 Å². The number of rotatable bonds is 5. The summed E-state index contributed by atoms with van der Waals surface area (Å²) in [6.45, 7) is 11.3. The fourth-order valence-electron chi connectivity index (χ4n) is 6.88. The van der Waals surface area contributed by atoms with E-state index in [1.54, 1.807) is 9.80 Å². The average Bonchev–Trinajstić information content (AvgIpc) is 3.24. The zero-order chi connectivity index (χ0) is 34.8. The SMILES string of the molecule is C=CC(=O)N1[C@H](C)CN(c2nc(=O)n3c4c(c(-c5ccc(F)c6sc(N)c(C#N)c56)c(C(F)(F)F)cc24)SCC(OC(C)C)C3)C[C@@H]1C. The van der Waals surface area contributed by atoms with Gasteiger partial charge in [0.2, 0.25) is 5.91 Å². The van der Waals surface area contributed by atoms with E-state index in [-0.39, 0.29) is 103 Å². The van der Waals surface area contributed by atoms with E-state index in [9.17, 15) is 14.9 Å². The molecule has 0 spiro atoms. The molecule has 9 nitrogen and oxygen atoms in total. The van der Waals surface area contributed by atoms with Crippen molar-refractivity contribution >= 4 is 60.8 Å². The molecular weight excluding hydrogens is 669 g/mol. The number of thioether (sulfide) groups is 1. The van der Waals surface area contributed by atoms with Gasteiger partial charge >= 0.3 is 11.9 Å². The second-order valence-corrected chi connectivity index (χ2v) is 14.4. The van der Waals surface area contributed by atoms with E-state index in [4.69, 9.17) is 10.5 Å². The maximum absolute atomic E-state index is 15.3. The van der Waals surface area contributed by atoms with Crippen molar-refractivity contribution in [2.75, 3.05) is 29.5 Å². The predicted octanol–water partition coefficient (Wildman–Crippen LogP) is 6.40. The van der Waals surface area contributed by atoms with Crippen LogP contribution in [-0.2, 0) is 22.3 Å². The summed E-state index contributed by atoms with van der Waals surface area (Å²) in [6.07, 6.45) is -4.48. The molecule has 3 atom stereocenters. The van der Waals surface area contributed by atoms with Crippen LogP contribution in [0.3, 0.4) is 0 Å². The summed E-state index contributed by atoms with van der Waals surface area (Å²) < 4.78 is 68.4. The van der Waals surface area contributed by atoms with Crippen LogP contribution in [0.1, 0.15) is 38.8 Å². The molecule has 0 radical (unpaired) electrons. The molecule has 4 heterocycles. The second kappa shape index (κ2) is 12.4. The Morgan fingerprint density at radius 2 is 1.92 bits per heavy atom. The lowest BCUT2D eigenvalue weighted by molar-refractivity contribution is -0.137. The lowest BCUT2D eigenvalue weighted by Crippen LogP contribution is -2.58. The number of nitrogen functional groups attached to an aromatic ring is 1. The third-order valence-electron chi connectivity index (χ3n) is 8.62. The highest BCUT2D eigenvalue weighted by atomic mass is 32.2. The van der Waals surface area contributed by atoms with Gasteiger partial charge in [-0.05, 0) is 51.5 Å². The highest BCUT2D eigenvalue weighted by Crippen LogP contribution is 2.51. The fourth-order valence-corrected chi connectivity index (χ4v) is 9.09. The Morgan fingerprint density at radius 1 is 1.23 bits per heavy atom. The van der Waals surface area contributed by atoms with Gasteiger partial charge in [-0.25, -0.2) is 9.18 Å². The number of carbonyl (C=O) groups excluding carboxylic acids is 1. The highest BCUT2D eigenvalue weighted by molar-refractivity contribution is 7.99. The molecule has 0 aliphatic carbocycles. The largest absolute Gasteiger partial charge is 0.417 e. The van der Waals surface area contributed by atoms with Crippen LogP contribution in [0, 0.1) is 17.1 Å². The van der Waals surface area contributed by atoms with Crippen LogP contribution in [0.4, 0.5) is 28.4 Å². The first-order valence-electron chi connectivity index (χ1n) is 15.2. The molecular formula is C33H32F4N6O3S2. The van der Waals surface area contributed by atoms with Crippen LogP contribution >= 0.6 is 23.1 Å². The number of halogens is 4. The van der Waals surface area contributed by atoms with E-state index >= 15 is 17.6 Å². The van der Waals surface area contributed by atoms with Gasteiger partial charge in [-0.3, -0.25) is 9.36 Å². The van der Waals surface area contributed by atoms with Crippen molar-refractivity contribution in [3.05, 3.63) is 58.3 Å². The van der Waals surface area contributed by atoms with Gasteiger partial charge in [0, 0.05) is 52.2 Å². The number of nitrogens with zero attached hydrogens (tertiary/aromatic N) is 5. The monoisotopic (exact) mass is 700 g/mol. The number of carbonyl (C=O) groups is 1. The molecule has 252 valence electrons. The summed E-state index contributed by atoms with van der Waals surface area (Å²) in [5.41, 5.74) is 4.18. The van der Waals surface area contributed by atoms with E-state index in [1.807, 2.05) is 33.8 Å². The lowest BCUT2D eigenvalue weighted by atomic mass is 9.92. The molecule has 2 aromatic heterocycles.